The highest BCUT2D eigenvalue weighted by molar-refractivity contribution is 6.30. The monoisotopic (exact) mass is 255 g/mol. The number of benzene rings is 1. The predicted molar refractivity (Wildman–Crippen MR) is 67.8 cm³/mol. The van der Waals surface area contributed by atoms with E-state index in [2.05, 4.69) is 10.3 Å². The van der Waals surface area contributed by atoms with Gasteiger partial charge < -0.3 is 10.2 Å². The summed E-state index contributed by atoms with van der Waals surface area (Å²) in [5.74, 6) is 0.537. The molecule has 0 atom stereocenters. The zero-order valence-electron chi connectivity index (χ0n) is 9.71. The van der Waals surface area contributed by atoms with Gasteiger partial charge in [0.15, 0.2) is 5.96 Å². The van der Waals surface area contributed by atoms with Crippen molar-refractivity contribution in [2.75, 3.05) is 20.1 Å². The van der Waals surface area contributed by atoms with Gasteiger partial charge in [0.1, 0.15) is 5.82 Å². The molecule has 0 aromatic heterocycles. The quantitative estimate of drug-likeness (QED) is 0.878. The van der Waals surface area contributed by atoms with Gasteiger partial charge in [-0.05, 0) is 18.6 Å². The van der Waals surface area contributed by atoms with Crippen LogP contribution in [0.1, 0.15) is 12.0 Å². The van der Waals surface area contributed by atoms with E-state index in [1.54, 1.807) is 12.1 Å². The molecule has 3 nitrogen and oxygen atoms in total. The second kappa shape index (κ2) is 5.36. The van der Waals surface area contributed by atoms with Crippen LogP contribution in [0.4, 0.5) is 4.39 Å². The van der Waals surface area contributed by atoms with Crippen LogP contribution in [-0.4, -0.2) is 31.0 Å². The van der Waals surface area contributed by atoms with Crippen molar-refractivity contribution in [3.05, 3.63) is 34.6 Å². The molecule has 5 heteroatoms. The fourth-order valence-electron chi connectivity index (χ4n) is 1.75. The molecule has 1 heterocycles. The Kier molecular flexibility index (Phi) is 3.84. The topological polar surface area (TPSA) is 27.6 Å². The number of halogens is 2. The maximum atomic E-state index is 13.5. The first-order valence-electron chi connectivity index (χ1n) is 5.60. The van der Waals surface area contributed by atoms with E-state index < -0.39 is 0 Å². The Morgan fingerprint density at radius 2 is 2.35 bits per heavy atom. The number of aliphatic imine (C=N–C) groups is 1. The van der Waals surface area contributed by atoms with Crippen molar-refractivity contribution < 1.29 is 4.39 Å². The molecule has 2 rings (SSSR count). The summed E-state index contributed by atoms with van der Waals surface area (Å²) < 4.78 is 13.5. The maximum Gasteiger partial charge on any atom is 0.193 e. The summed E-state index contributed by atoms with van der Waals surface area (Å²) in [5.41, 5.74) is 0.594. The molecule has 1 aromatic carbocycles. The SMILES string of the molecule is CN1CCCN=C1NCc1ccc(Cl)cc1F. The molecule has 17 heavy (non-hydrogen) atoms. The summed E-state index contributed by atoms with van der Waals surface area (Å²) in [6, 6.07) is 4.70. The molecule has 92 valence electrons. The fourth-order valence-corrected chi connectivity index (χ4v) is 1.91. The predicted octanol–water partition coefficient (Wildman–Crippen LogP) is 2.26. The van der Waals surface area contributed by atoms with E-state index in [-0.39, 0.29) is 5.82 Å². The normalized spacial score (nSPS) is 15.7. The molecule has 1 N–H and O–H groups in total. The Hall–Kier alpha value is -1.29. The Morgan fingerprint density at radius 1 is 1.53 bits per heavy atom. The van der Waals surface area contributed by atoms with Crippen LogP contribution in [0.5, 0.6) is 0 Å². The van der Waals surface area contributed by atoms with Crippen LogP contribution in [0, 0.1) is 5.82 Å². The average molecular weight is 256 g/mol. The summed E-state index contributed by atoms with van der Waals surface area (Å²) in [7, 11) is 1.98. The Balaban J connectivity index is 2.00. The Morgan fingerprint density at radius 3 is 3.06 bits per heavy atom. The van der Waals surface area contributed by atoms with Crippen LogP contribution in [0.15, 0.2) is 23.2 Å². The van der Waals surface area contributed by atoms with E-state index in [1.807, 2.05) is 11.9 Å². The van der Waals surface area contributed by atoms with Crippen molar-refractivity contribution in [3.8, 4) is 0 Å². The van der Waals surface area contributed by atoms with Gasteiger partial charge in [0.2, 0.25) is 0 Å². The minimum absolute atomic E-state index is 0.288. The number of guanidine groups is 1. The van der Waals surface area contributed by atoms with Gasteiger partial charge in [-0.1, -0.05) is 17.7 Å². The molecule has 0 saturated heterocycles. The van der Waals surface area contributed by atoms with Crippen molar-refractivity contribution >= 4 is 17.6 Å². The molecule has 1 aromatic rings. The highest BCUT2D eigenvalue weighted by Crippen LogP contribution is 2.14. The zero-order valence-corrected chi connectivity index (χ0v) is 10.5. The highest BCUT2D eigenvalue weighted by atomic mass is 35.5. The van der Waals surface area contributed by atoms with Gasteiger partial charge in [-0.2, -0.15) is 0 Å². The standard InChI is InChI=1S/C12H15ClFN3/c1-17-6-2-5-15-12(17)16-8-9-3-4-10(13)7-11(9)14/h3-4,7H,2,5-6,8H2,1H3,(H,15,16). The van der Waals surface area contributed by atoms with E-state index in [0.717, 1.165) is 25.5 Å². The van der Waals surface area contributed by atoms with Crippen LogP contribution >= 0.6 is 11.6 Å². The number of hydrogen-bond donors (Lipinski definition) is 1. The molecular weight excluding hydrogens is 241 g/mol. The van der Waals surface area contributed by atoms with Gasteiger partial charge >= 0.3 is 0 Å². The van der Waals surface area contributed by atoms with E-state index in [4.69, 9.17) is 11.6 Å². The smallest absolute Gasteiger partial charge is 0.193 e. The molecule has 0 amide bonds. The average Bonchev–Trinajstić information content (AvgIpc) is 2.30. The second-order valence-electron chi connectivity index (χ2n) is 4.07. The Labute approximate surface area is 105 Å². The van der Waals surface area contributed by atoms with Crippen LogP contribution in [-0.2, 0) is 6.54 Å². The van der Waals surface area contributed by atoms with E-state index in [1.165, 1.54) is 6.07 Å². The largest absolute Gasteiger partial charge is 0.352 e. The molecule has 0 radical (unpaired) electrons. The summed E-state index contributed by atoms with van der Waals surface area (Å²) in [5, 5.41) is 3.56. The summed E-state index contributed by atoms with van der Waals surface area (Å²) in [6.45, 7) is 2.23. The van der Waals surface area contributed by atoms with Gasteiger partial charge in [0.05, 0.1) is 0 Å². The lowest BCUT2D eigenvalue weighted by Gasteiger charge is -2.25. The molecule has 0 bridgehead atoms. The van der Waals surface area contributed by atoms with Gasteiger partial charge in [0.25, 0.3) is 0 Å². The third-order valence-electron chi connectivity index (χ3n) is 2.73. The molecular formula is C12H15ClFN3. The van der Waals surface area contributed by atoms with Crippen molar-refractivity contribution in [2.24, 2.45) is 4.99 Å². The number of nitrogens with zero attached hydrogens (tertiary/aromatic N) is 2. The van der Waals surface area contributed by atoms with Crippen molar-refractivity contribution in [1.82, 2.24) is 10.2 Å². The zero-order chi connectivity index (χ0) is 12.3. The lowest BCUT2D eigenvalue weighted by atomic mass is 10.2. The summed E-state index contributed by atoms with van der Waals surface area (Å²) in [6.07, 6.45) is 1.07. The maximum absolute atomic E-state index is 13.5. The minimum Gasteiger partial charge on any atom is -0.352 e. The molecule has 0 fully saturated rings. The van der Waals surface area contributed by atoms with E-state index >= 15 is 0 Å². The van der Waals surface area contributed by atoms with Gasteiger partial charge in [-0.25, -0.2) is 4.39 Å². The minimum atomic E-state index is -0.288. The van der Waals surface area contributed by atoms with Gasteiger partial charge in [-0.15, -0.1) is 0 Å². The van der Waals surface area contributed by atoms with Crippen LogP contribution in [0.25, 0.3) is 0 Å². The summed E-state index contributed by atoms with van der Waals surface area (Å²) >= 11 is 5.70. The lowest BCUT2D eigenvalue weighted by Crippen LogP contribution is -2.41. The number of rotatable bonds is 2. The van der Waals surface area contributed by atoms with Crippen molar-refractivity contribution in [3.63, 3.8) is 0 Å². The van der Waals surface area contributed by atoms with E-state index in [9.17, 15) is 4.39 Å². The molecule has 0 saturated carbocycles. The van der Waals surface area contributed by atoms with Gasteiger partial charge in [0, 0.05) is 37.3 Å². The number of nitrogens with one attached hydrogen (secondary N) is 1. The molecule has 0 aliphatic carbocycles. The molecule has 1 aliphatic rings. The van der Waals surface area contributed by atoms with E-state index in [0.29, 0.717) is 17.1 Å². The first-order chi connectivity index (χ1) is 8.16. The third kappa shape index (κ3) is 3.09. The highest BCUT2D eigenvalue weighted by Gasteiger charge is 2.11. The first-order valence-corrected chi connectivity index (χ1v) is 5.98. The van der Waals surface area contributed by atoms with Crippen LogP contribution in [0.3, 0.4) is 0 Å². The Bertz CT molecular complexity index is 434. The second-order valence-corrected chi connectivity index (χ2v) is 4.51. The summed E-state index contributed by atoms with van der Waals surface area (Å²) in [4.78, 5) is 6.39. The fraction of sp³-hybridized carbons (Fsp3) is 0.417. The lowest BCUT2D eigenvalue weighted by molar-refractivity contribution is 0.445. The third-order valence-corrected chi connectivity index (χ3v) is 2.96. The molecule has 1 aliphatic heterocycles. The van der Waals surface area contributed by atoms with Crippen LogP contribution in [0.2, 0.25) is 5.02 Å². The molecule has 0 unspecified atom stereocenters. The van der Waals surface area contributed by atoms with Crippen molar-refractivity contribution in [2.45, 2.75) is 13.0 Å². The van der Waals surface area contributed by atoms with Gasteiger partial charge in [-0.3, -0.25) is 4.99 Å². The number of hydrogen-bond acceptors (Lipinski definition) is 3. The molecule has 0 spiro atoms. The van der Waals surface area contributed by atoms with Crippen molar-refractivity contribution in [1.29, 1.82) is 0 Å². The van der Waals surface area contributed by atoms with Crippen LogP contribution < -0.4 is 5.32 Å². The first kappa shape index (κ1) is 12.2.